The Bertz CT molecular complexity index is 355. The van der Waals surface area contributed by atoms with E-state index in [4.69, 9.17) is 0 Å². The summed E-state index contributed by atoms with van der Waals surface area (Å²) in [4.78, 5) is 23.0. The maximum atomic E-state index is 11.7. The smallest absolute Gasteiger partial charge is 0.182 e. The first-order valence-electron chi connectivity index (χ1n) is 5.60. The van der Waals surface area contributed by atoms with Gasteiger partial charge in [0.2, 0.25) is 0 Å². The highest BCUT2D eigenvalue weighted by Crippen LogP contribution is 2.42. The minimum Gasteiger partial charge on any atom is -0.290 e. The molecule has 0 saturated heterocycles. The van der Waals surface area contributed by atoms with Gasteiger partial charge >= 0.3 is 0 Å². The van der Waals surface area contributed by atoms with Gasteiger partial charge in [0.05, 0.1) is 0 Å². The molecule has 2 aliphatic carbocycles. The van der Waals surface area contributed by atoms with Gasteiger partial charge in [0.1, 0.15) is 0 Å². The molecular formula is C13H16O2. The quantitative estimate of drug-likeness (QED) is 0.615. The van der Waals surface area contributed by atoms with Gasteiger partial charge in [-0.1, -0.05) is 26.2 Å². The Kier molecular flexibility index (Phi) is 2.59. The van der Waals surface area contributed by atoms with Gasteiger partial charge in [-0.15, -0.1) is 0 Å². The zero-order valence-corrected chi connectivity index (χ0v) is 9.08. The molecule has 0 atom stereocenters. The van der Waals surface area contributed by atoms with Crippen LogP contribution in [0.3, 0.4) is 0 Å². The van der Waals surface area contributed by atoms with Crippen LogP contribution in [0.25, 0.3) is 0 Å². The SMILES string of the molecule is CC1(C2=CC(=O)C=CC2=O)CCCCC1. The lowest BCUT2D eigenvalue weighted by atomic mass is 9.68. The van der Waals surface area contributed by atoms with E-state index in [1.54, 1.807) is 0 Å². The summed E-state index contributed by atoms with van der Waals surface area (Å²) in [6, 6.07) is 0. The van der Waals surface area contributed by atoms with Crippen LogP contribution in [0.1, 0.15) is 39.0 Å². The van der Waals surface area contributed by atoms with Crippen LogP contribution in [0.4, 0.5) is 0 Å². The van der Waals surface area contributed by atoms with E-state index in [1.165, 1.54) is 37.5 Å². The van der Waals surface area contributed by atoms with Crippen LogP contribution >= 0.6 is 0 Å². The fraction of sp³-hybridized carbons (Fsp3) is 0.538. The molecule has 2 aliphatic rings. The Morgan fingerprint density at radius 3 is 2.40 bits per heavy atom. The molecule has 0 bridgehead atoms. The molecule has 0 aliphatic heterocycles. The van der Waals surface area contributed by atoms with Gasteiger partial charge in [-0.2, -0.15) is 0 Å². The number of carbonyl (C=O) groups excluding carboxylic acids is 2. The van der Waals surface area contributed by atoms with Crippen molar-refractivity contribution in [1.29, 1.82) is 0 Å². The molecule has 1 saturated carbocycles. The molecule has 0 aromatic heterocycles. The van der Waals surface area contributed by atoms with Crippen molar-refractivity contribution in [1.82, 2.24) is 0 Å². The van der Waals surface area contributed by atoms with E-state index < -0.39 is 0 Å². The van der Waals surface area contributed by atoms with Gasteiger partial charge in [0.25, 0.3) is 0 Å². The van der Waals surface area contributed by atoms with Crippen LogP contribution in [-0.2, 0) is 9.59 Å². The van der Waals surface area contributed by atoms with E-state index in [2.05, 4.69) is 6.92 Å². The topological polar surface area (TPSA) is 34.1 Å². The summed E-state index contributed by atoms with van der Waals surface area (Å²) in [7, 11) is 0. The van der Waals surface area contributed by atoms with Crippen molar-refractivity contribution >= 4 is 11.6 Å². The normalized spacial score (nSPS) is 25.3. The fourth-order valence-corrected chi connectivity index (χ4v) is 2.58. The van der Waals surface area contributed by atoms with Crippen LogP contribution in [0.2, 0.25) is 0 Å². The Labute approximate surface area is 90.1 Å². The number of hydrogen-bond acceptors (Lipinski definition) is 2. The van der Waals surface area contributed by atoms with Crippen molar-refractivity contribution in [2.75, 3.05) is 0 Å². The summed E-state index contributed by atoms with van der Waals surface area (Å²) in [5.74, 6) is -0.0181. The minimum atomic E-state index is -0.0598. The second-order valence-corrected chi connectivity index (χ2v) is 4.78. The molecule has 0 aromatic rings. The molecule has 0 aromatic carbocycles. The van der Waals surface area contributed by atoms with E-state index in [-0.39, 0.29) is 17.0 Å². The highest BCUT2D eigenvalue weighted by molar-refractivity contribution is 6.17. The molecule has 2 heteroatoms. The third-order valence-corrected chi connectivity index (χ3v) is 3.56. The molecule has 2 nitrogen and oxygen atoms in total. The average Bonchev–Trinajstić information content (AvgIpc) is 2.23. The van der Waals surface area contributed by atoms with Crippen molar-refractivity contribution in [3.8, 4) is 0 Å². The lowest BCUT2D eigenvalue weighted by Gasteiger charge is -2.35. The van der Waals surface area contributed by atoms with Gasteiger partial charge in [-0.05, 0) is 36.5 Å². The zero-order chi connectivity index (χ0) is 10.9. The molecule has 15 heavy (non-hydrogen) atoms. The molecule has 0 amide bonds. The van der Waals surface area contributed by atoms with Crippen molar-refractivity contribution in [3.63, 3.8) is 0 Å². The zero-order valence-electron chi connectivity index (χ0n) is 9.08. The predicted octanol–water partition coefficient (Wildman–Crippen LogP) is 2.59. The summed E-state index contributed by atoms with van der Waals surface area (Å²) >= 11 is 0. The Hall–Kier alpha value is -1.18. The van der Waals surface area contributed by atoms with Gasteiger partial charge in [0, 0.05) is 5.57 Å². The first-order valence-corrected chi connectivity index (χ1v) is 5.60. The Morgan fingerprint density at radius 1 is 1.07 bits per heavy atom. The first-order chi connectivity index (χ1) is 7.12. The second kappa shape index (κ2) is 3.76. The fourth-order valence-electron chi connectivity index (χ4n) is 2.58. The molecule has 0 N–H and O–H groups in total. The first kappa shape index (κ1) is 10.3. The second-order valence-electron chi connectivity index (χ2n) is 4.78. The summed E-state index contributed by atoms with van der Waals surface area (Å²) in [6.07, 6.45) is 9.96. The van der Waals surface area contributed by atoms with Crippen molar-refractivity contribution in [2.24, 2.45) is 5.41 Å². The molecule has 2 rings (SSSR count). The van der Waals surface area contributed by atoms with Crippen LogP contribution in [0.5, 0.6) is 0 Å². The molecule has 0 unspecified atom stereocenters. The predicted molar refractivity (Wildman–Crippen MR) is 58.4 cm³/mol. The minimum absolute atomic E-state index is 0.0269. The third-order valence-electron chi connectivity index (χ3n) is 3.56. The maximum absolute atomic E-state index is 11.7. The van der Waals surface area contributed by atoms with Crippen LogP contribution < -0.4 is 0 Å². The number of rotatable bonds is 1. The Balaban J connectivity index is 2.28. The number of allylic oxidation sites excluding steroid dienone is 4. The third kappa shape index (κ3) is 1.94. The largest absolute Gasteiger partial charge is 0.290 e. The van der Waals surface area contributed by atoms with Gasteiger partial charge in [-0.25, -0.2) is 0 Å². The van der Waals surface area contributed by atoms with Gasteiger partial charge < -0.3 is 0 Å². The van der Waals surface area contributed by atoms with Crippen molar-refractivity contribution in [2.45, 2.75) is 39.0 Å². The van der Waals surface area contributed by atoms with Crippen LogP contribution in [0.15, 0.2) is 23.8 Å². The standard InChI is InChI=1S/C13H16O2/c1-13(7-3-2-4-8-13)11-9-10(14)5-6-12(11)15/h5-6,9H,2-4,7-8H2,1H3. The number of ketones is 2. The highest BCUT2D eigenvalue weighted by atomic mass is 16.1. The Morgan fingerprint density at radius 2 is 1.73 bits per heavy atom. The van der Waals surface area contributed by atoms with Gasteiger partial charge in [-0.3, -0.25) is 9.59 Å². The molecule has 0 spiro atoms. The highest BCUT2D eigenvalue weighted by Gasteiger charge is 2.34. The molecule has 0 radical (unpaired) electrons. The lowest BCUT2D eigenvalue weighted by molar-refractivity contribution is -0.115. The molecule has 1 fully saturated rings. The number of carbonyl (C=O) groups is 2. The van der Waals surface area contributed by atoms with E-state index >= 15 is 0 Å². The van der Waals surface area contributed by atoms with Crippen LogP contribution in [-0.4, -0.2) is 11.6 Å². The van der Waals surface area contributed by atoms with Crippen molar-refractivity contribution < 1.29 is 9.59 Å². The number of hydrogen-bond donors (Lipinski definition) is 0. The summed E-state index contributed by atoms with van der Waals surface area (Å²) in [5.41, 5.74) is 0.671. The van der Waals surface area contributed by atoms with E-state index in [9.17, 15) is 9.59 Å². The average molecular weight is 204 g/mol. The summed E-state index contributed by atoms with van der Waals surface area (Å²) in [5, 5.41) is 0. The summed E-state index contributed by atoms with van der Waals surface area (Å²) in [6.45, 7) is 2.11. The van der Waals surface area contributed by atoms with Crippen LogP contribution in [0, 0.1) is 5.41 Å². The van der Waals surface area contributed by atoms with E-state index in [0.29, 0.717) is 0 Å². The molecular weight excluding hydrogens is 188 g/mol. The molecule has 0 heterocycles. The van der Waals surface area contributed by atoms with E-state index in [1.807, 2.05) is 0 Å². The maximum Gasteiger partial charge on any atom is 0.182 e. The monoisotopic (exact) mass is 204 g/mol. The van der Waals surface area contributed by atoms with Crippen molar-refractivity contribution in [3.05, 3.63) is 23.8 Å². The lowest BCUT2D eigenvalue weighted by Crippen LogP contribution is -2.28. The van der Waals surface area contributed by atoms with E-state index in [0.717, 1.165) is 18.4 Å². The molecule has 80 valence electrons. The summed E-state index contributed by atoms with van der Waals surface area (Å²) < 4.78 is 0. The van der Waals surface area contributed by atoms with Gasteiger partial charge in [0.15, 0.2) is 11.6 Å².